The Bertz CT molecular complexity index is 413. The zero-order chi connectivity index (χ0) is 11.7. The van der Waals surface area contributed by atoms with Crippen molar-refractivity contribution >= 4 is 17.3 Å². The molecule has 4 heteroatoms. The third-order valence-electron chi connectivity index (χ3n) is 2.91. The fourth-order valence-electron chi connectivity index (χ4n) is 2.04. The summed E-state index contributed by atoms with van der Waals surface area (Å²) in [7, 11) is 0. The normalized spacial score (nSPS) is 14.8. The van der Waals surface area contributed by atoms with Crippen molar-refractivity contribution in [2.75, 3.05) is 17.2 Å². The van der Waals surface area contributed by atoms with Crippen LogP contribution in [0.15, 0.2) is 18.2 Å². The summed E-state index contributed by atoms with van der Waals surface area (Å²) in [5.74, 6) is -0.915. The molecule has 0 heterocycles. The molecule has 0 spiro atoms. The van der Waals surface area contributed by atoms with Crippen LogP contribution < -0.4 is 10.6 Å². The van der Waals surface area contributed by atoms with E-state index in [1.165, 1.54) is 0 Å². The maximum absolute atomic E-state index is 11.2. The first-order valence-corrected chi connectivity index (χ1v) is 5.53. The lowest BCUT2D eigenvalue weighted by atomic mass is 10.1. The average Bonchev–Trinajstić information content (AvgIpc) is 3.05. The Hall–Kier alpha value is -1.71. The van der Waals surface area contributed by atoms with Crippen LogP contribution in [-0.4, -0.2) is 23.7 Å². The highest BCUT2D eigenvalue weighted by atomic mass is 16.4. The highest BCUT2D eigenvalue weighted by molar-refractivity contribution is 5.98. The summed E-state index contributed by atoms with van der Waals surface area (Å²) in [6.07, 6.45) is 2.25. The van der Waals surface area contributed by atoms with Crippen molar-refractivity contribution < 1.29 is 9.90 Å². The van der Waals surface area contributed by atoms with Crippen molar-refractivity contribution in [1.82, 2.24) is 0 Å². The number of nitrogen functional groups attached to an aromatic ring is 1. The van der Waals surface area contributed by atoms with Crippen molar-refractivity contribution in [3.05, 3.63) is 23.8 Å². The maximum atomic E-state index is 11.2. The van der Waals surface area contributed by atoms with Gasteiger partial charge in [-0.25, -0.2) is 4.79 Å². The van der Waals surface area contributed by atoms with Gasteiger partial charge in [0.05, 0.1) is 16.9 Å². The zero-order valence-electron chi connectivity index (χ0n) is 9.31. The molecule has 3 N–H and O–H groups in total. The average molecular weight is 220 g/mol. The van der Waals surface area contributed by atoms with E-state index in [0.717, 1.165) is 19.4 Å². The van der Waals surface area contributed by atoms with Crippen LogP contribution in [0.4, 0.5) is 11.4 Å². The molecule has 86 valence electrons. The fraction of sp³-hybridized carbons (Fsp3) is 0.417. The molecule has 0 radical (unpaired) electrons. The zero-order valence-corrected chi connectivity index (χ0v) is 9.31. The number of carbonyl (C=O) groups is 1. The summed E-state index contributed by atoms with van der Waals surface area (Å²) in [6, 6.07) is 5.52. The van der Waals surface area contributed by atoms with Gasteiger partial charge in [0, 0.05) is 12.6 Å². The van der Waals surface area contributed by atoms with Crippen LogP contribution in [-0.2, 0) is 0 Å². The van der Waals surface area contributed by atoms with E-state index in [1.54, 1.807) is 18.2 Å². The predicted molar refractivity (Wildman–Crippen MR) is 63.9 cm³/mol. The number of nitrogens with zero attached hydrogens (tertiary/aromatic N) is 1. The molecule has 1 aromatic rings. The summed E-state index contributed by atoms with van der Waals surface area (Å²) < 4.78 is 0. The number of benzene rings is 1. The molecule has 2 rings (SSSR count). The number of para-hydroxylation sites is 1. The Morgan fingerprint density at radius 3 is 2.75 bits per heavy atom. The van der Waals surface area contributed by atoms with Crippen molar-refractivity contribution in [3.63, 3.8) is 0 Å². The molecule has 0 aliphatic heterocycles. The molecule has 1 aliphatic carbocycles. The number of aromatic carboxylic acids is 1. The van der Waals surface area contributed by atoms with E-state index in [-0.39, 0.29) is 0 Å². The number of carboxylic acids is 1. The number of carboxylic acid groups (broad SMARTS) is 1. The van der Waals surface area contributed by atoms with Gasteiger partial charge in [0.1, 0.15) is 0 Å². The molecule has 0 aromatic heterocycles. The van der Waals surface area contributed by atoms with E-state index in [9.17, 15) is 4.79 Å². The lowest BCUT2D eigenvalue weighted by molar-refractivity contribution is 0.0697. The molecule has 1 aromatic carbocycles. The quantitative estimate of drug-likeness (QED) is 0.761. The van der Waals surface area contributed by atoms with Crippen LogP contribution in [0.1, 0.15) is 30.1 Å². The van der Waals surface area contributed by atoms with Crippen LogP contribution in [0.25, 0.3) is 0 Å². The van der Waals surface area contributed by atoms with E-state index >= 15 is 0 Å². The van der Waals surface area contributed by atoms with Gasteiger partial charge in [-0.05, 0) is 31.9 Å². The van der Waals surface area contributed by atoms with Gasteiger partial charge in [-0.2, -0.15) is 0 Å². The van der Waals surface area contributed by atoms with Crippen molar-refractivity contribution in [1.29, 1.82) is 0 Å². The molecular weight excluding hydrogens is 204 g/mol. The summed E-state index contributed by atoms with van der Waals surface area (Å²) in [6.45, 7) is 2.82. The lowest BCUT2D eigenvalue weighted by Gasteiger charge is -2.25. The summed E-state index contributed by atoms with van der Waals surface area (Å²) in [5, 5.41) is 9.15. The molecule has 1 fully saturated rings. The van der Waals surface area contributed by atoms with Gasteiger partial charge in [-0.1, -0.05) is 6.07 Å². The smallest absolute Gasteiger partial charge is 0.337 e. The minimum absolute atomic E-state index is 0.300. The molecule has 0 bridgehead atoms. The predicted octanol–water partition coefficient (Wildman–Crippen LogP) is 1.96. The maximum Gasteiger partial charge on any atom is 0.337 e. The Morgan fingerprint density at radius 1 is 1.56 bits per heavy atom. The second kappa shape index (κ2) is 4.04. The fourth-order valence-corrected chi connectivity index (χ4v) is 2.04. The lowest BCUT2D eigenvalue weighted by Crippen LogP contribution is -2.28. The van der Waals surface area contributed by atoms with Gasteiger partial charge in [0.2, 0.25) is 0 Å². The molecule has 1 saturated carbocycles. The Labute approximate surface area is 94.7 Å². The second-order valence-electron chi connectivity index (χ2n) is 4.07. The topological polar surface area (TPSA) is 66.6 Å². The highest BCUT2D eigenvalue weighted by Crippen LogP contribution is 2.36. The van der Waals surface area contributed by atoms with Gasteiger partial charge >= 0.3 is 5.97 Å². The minimum atomic E-state index is -0.915. The van der Waals surface area contributed by atoms with Gasteiger partial charge in [0.15, 0.2) is 0 Å². The third-order valence-corrected chi connectivity index (χ3v) is 2.91. The van der Waals surface area contributed by atoms with Crippen molar-refractivity contribution in [2.24, 2.45) is 0 Å². The van der Waals surface area contributed by atoms with E-state index in [2.05, 4.69) is 4.90 Å². The van der Waals surface area contributed by atoms with E-state index < -0.39 is 5.97 Å². The summed E-state index contributed by atoms with van der Waals surface area (Å²) in [4.78, 5) is 13.3. The largest absolute Gasteiger partial charge is 0.478 e. The summed E-state index contributed by atoms with van der Waals surface area (Å²) >= 11 is 0. The third kappa shape index (κ3) is 1.83. The van der Waals surface area contributed by atoms with Gasteiger partial charge in [0.25, 0.3) is 0 Å². The van der Waals surface area contributed by atoms with Crippen LogP contribution in [0.5, 0.6) is 0 Å². The molecule has 0 unspecified atom stereocenters. The molecular formula is C12H16N2O2. The van der Waals surface area contributed by atoms with Gasteiger partial charge in [-0.3, -0.25) is 0 Å². The Morgan fingerprint density at radius 2 is 2.25 bits per heavy atom. The van der Waals surface area contributed by atoms with E-state index in [0.29, 0.717) is 23.0 Å². The first kappa shape index (κ1) is 10.8. The first-order chi connectivity index (χ1) is 7.65. The van der Waals surface area contributed by atoms with Crippen molar-refractivity contribution in [2.45, 2.75) is 25.8 Å². The highest BCUT2D eigenvalue weighted by Gasteiger charge is 2.31. The molecule has 0 saturated heterocycles. The SMILES string of the molecule is CCN(c1c(N)cccc1C(=O)O)C1CC1. The number of anilines is 2. The molecule has 16 heavy (non-hydrogen) atoms. The summed E-state index contributed by atoms with van der Waals surface area (Å²) in [5.41, 5.74) is 7.43. The van der Waals surface area contributed by atoms with Gasteiger partial charge in [-0.15, -0.1) is 0 Å². The molecule has 4 nitrogen and oxygen atoms in total. The van der Waals surface area contributed by atoms with Crippen LogP contribution in [0.2, 0.25) is 0 Å². The number of hydrogen-bond acceptors (Lipinski definition) is 3. The first-order valence-electron chi connectivity index (χ1n) is 5.53. The standard InChI is InChI=1S/C12H16N2O2/c1-2-14(8-6-7-8)11-9(12(15)16)4-3-5-10(11)13/h3-5,8H,2,6-7,13H2,1H3,(H,15,16). The molecule has 0 amide bonds. The van der Waals surface area contributed by atoms with E-state index in [1.807, 2.05) is 6.92 Å². The number of rotatable bonds is 4. The number of nitrogens with two attached hydrogens (primary N) is 1. The van der Waals surface area contributed by atoms with Crippen LogP contribution in [0, 0.1) is 0 Å². The Balaban J connectivity index is 2.47. The van der Waals surface area contributed by atoms with Crippen molar-refractivity contribution in [3.8, 4) is 0 Å². The second-order valence-corrected chi connectivity index (χ2v) is 4.07. The number of hydrogen-bond donors (Lipinski definition) is 2. The van der Waals surface area contributed by atoms with Crippen LogP contribution in [0.3, 0.4) is 0 Å². The Kier molecular flexibility index (Phi) is 2.73. The monoisotopic (exact) mass is 220 g/mol. The molecule has 1 aliphatic rings. The van der Waals surface area contributed by atoms with E-state index in [4.69, 9.17) is 10.8 Å². The van der Waals surface area contributed by atoms with Crippen LogP contribution >= 0.6 is 0 Å². The van der Waals surface area contributed by atoms with Gasteiger partial charge < -0.3 is 15.7 Å². The minimum Gasteiger partial charge on any atom is -0.478 e. The molecule has 0 atom stereocenters.